The van der Waals surface area contributed by atoms with Gasteiger partial charge in [-0.15, -0.1) is 0 Å². The van der Waals surface area contributed by atoms with Crippen molar-refractivity contribution in [3.63, 3.8) is 0 Å². The number of nitrogens with one attached hydrogen (secondary N) is 1. The van der Waals surface area contributed by atoms with E-state index in [4.69, 9.17) is 16.2 Å². The first-order chi connectivity index (χ1) is 8.54. The molecule has 94 valence electrons. The van der Waals surface area contributed by atoms with Gasteiger partial charge >= 0.3 is 5.69 Å². The summed E-state index contributed by atoms with van der Waals surface area (Å²) < 4.78 is 6.13. The summed E-state index contributed by atoms with van der Waals surface area (Å²) in [6, 6.07) is 6.60. The van der Waals surface area contributed by atoms with Gasteiger partial charge in [-0.1, -0.05) is 0 Å². The maximum Gasteiger partial charge on any atom is 0.334 e. The first kappa shape index (κ1) is 11.8. The fourth-order valence-electron chi connectivity index (χ4n) is 1.55. The van der Waals surface area contributed by atoms with Crippen molar-refractivity contribution in [2.24, 2.45) is 0 Å². The third-order valence-corrected chi connectivity index (χ3v) is 2.52. The Balaban J connectivity index is 2.67. The molecular weight excluding hydrogens is 236 g/mol. The van der Waals surface area contributed by atoms with E-state index in [2.05, 4.69) is 4.98 Å². The number of hydrogen-bond donors (Lipinski definition) is 3. The molecule has 0 fully saturated rings. The van der Waals surface area contributed by atoms with Gasteiger partial charge in [-0.25, -0.2) is 9.36 Å². The maximum atomic E-state index is 11.7. The van der Waals surface area contributed by atoms with Crippen LogP contribution in [0.1, 0.15) is 0 Å². The molecule has 18 heavy (non-hydrogen) atoms. The molecule has 0 atom stereocenters. The lowest BCUT2D eigenvalue weighted by atomic mass is 10.3. The number of aromatic amines is 1. The first-order valence-electron chi connectivity index (χ1n) is 5.09. The highest BCUT2D eigenvalue weighted by Gasteiger charge is 2.10. The smallest absolute Gasteiger partial charge is 0.334 e. The highest BCUT2D eigenvalue weighted by atomic mass is 16.5. The van der Waals surface area contributed by atoms with Crippen molar-refractivity contribution in [2.75, 3.05) is 18.6 Å². The van der Waals surface area contributed by atoms with Crippen molar-refractivity contribution in [1.29, 1.82) is 0 Å². The van der Waals surface area contributed by atoms with E-state index in [0.717, 1.165) is 4.57 Å². The van der Waals surface area contributed by atoms with Crippen LogP contribution in [0.15, 0.2) is 33.9 Å². The molecule has 2 aromatic rings. The van der Waals surface area contributed by atoms with Gasteiger partial charge in [0.15, 0.2) is 0 Å². The zero-order valence-corrected chi connectivity index (χ0v) is 9.64. The highest BCUT2D eigenvalue weighted by Crippen LogP contribution is 2.17. The summed E-state index contributed by atoms with van der Waals surface area (Å²) in [4.78, 5) is 25.0. The Morgan fingerprint density at radius 1 is 1.17 bits per heavy atom. The van der Waals surface area contributed by atoms with Crippen LogP contribution in [0.25, 0.3) is 5.69 Å². The van der Waals surface area contributed by atoms with Crippen LogP contribution in [0.5, 0.6) is 5.75 Å². The second kappa shape index (κ2) is 4.28. The van der Waals surface area contributed by atoms with Gasteiger partial charge in [-0.2, -0.15) is 0 Å². The molecule has 0 unspecified atom stereocenters. The van der Waals surface area contributed by atoms with Crippen molar-refractivity contribution in [1.82, 2.24) is 9.55 Å². The molecule has 0 amide bonds. The summed E-state index contributed by atoms with van der Waals surface area (Å²) in [7, 11) is 1.54. The van der Waals surface area contributed by atoms with Crippen LogP contribution in [-0.2, 0) is 0 Å². The quantitative estimate of drug-likeness (QED) is 0.674. The Morgan fingerprint density at radius 2 is 1.78 bits per heavy atom. The summed E-state index contributed by atoms with van der Waals surface area (Å²) in [5, 5.41) is 0. The van der Waals surface area contributed by atoms with Crippen LogP contribution >= 0.6 is 0 Å². The number of hydrogen-bond acceptors (Lipinski definition) is 5. The van der Waals surface area contributed by atoms with Crippen LogP contribution in [0.2, 0.25) is 0 Å². The Bertz CT molecular complexity index is 685. The third-order valence-electron chi connectivity index (χ3n) is 2.52. The molecule has 1 aromatic heterocycles. The number of methoxy groups -OCH3 is 1. The van der Waals surface area contributed by atoms with Gasteiger partial charge in [0.2, 0.25) is 0 Å². The molecule has 0 aliphatic carbocycles. The fraction of sp³-hybridized carbons (Fsp3) is 0.0909. The Kier molecular flexibility index (Phi) is 2.80. The largest absolute Gasteiger partial charge is 0.497 e. The molecule has 0 saturated carbocycles. The molecule has 7 heteroatoms. The third kappa shape index (κ3) is 1.81. The molecule has 0 saturated heterocycles. The normalized spacial score (nSPS) is 10.3. The number of benzene rings is 1. The molecule has 2 rings (SSSR count). The zero-order valence-electron chi connectivity index (χ0n) is 9.64. The van der Waals surface area contributed by atoms with Gasteiger partial charge in [-0.3, -0.25) is 9.78 Å². The minimum Gasteiger partial charge on any atom is -0.497 e. The van der Waals surface area contributed by atoms with E-state index in [9.17, 15) is 9.59 Å². The number of nitrogens with two attached hydrogens (primary N) is 2. The summed E-state index contributed by atoms with van der Waals surface area (Å²) in [6.07, 6.45) is 0. The Labute approximate surface area is 102 Å². The second-order valence-electron chi connectivity index (χ2n) is 3.59. The van der Waals surface area contributed by atoms with Gasteiger partial charge in [-0.05, 0) is 24.3 Å². The van der Waals surface area contributed by atoms with Crippen LogP contribution < -0.4 is 27.5 Å². The number of rotatable bonds is 2. The molecule has 5 N–H and O–H groups in total. The van der Waals surface area contributed by atoms with Crippen molar-refractivity contribution < 1.29 is 4.74 Å². The van der Waals surface area contributed by atoms with E-state index in [0.29, 0.717) is 11.4 Å². The molecule has 0 bridgehead atoms. The van der Waals surface area contributed by atoms with E-state index in [-0.39, 0.29) is 11.5 Å². The monoisotopic (exact) mass is 248 g/mol. The molecule has 1 heterocycles. The number of anilines is 2. The van der Waals surface area contributed by atoms with Gasteiger partial charge < -0.3 is 16.2 Å². The summed E-state index contributed by atoms with van der Waals surface area (Å²) >= 11 is 0. The van der Waals surface area contributed by atoms with E-state index in [1.54, 1.807) is 24.3 Å². The number of aromatic nitrogens is 2. The predicted molar refractivity (Wildman–Crippen MR) is 68.0 cm³/mol. The van der Waals surface area contributed by atoms with Gasteiger partial charge in [0.25, 0.3) is 5.56 Å². The lowest BCUT2D eigenvalue weighted by molar-refractivity contribution is 0.414. The molecule has 0 aliphatic rings. The van der Waals surface area contributed by atoms with E-state index in [1.165, 1.54) is 7.11 Å². The van der Waals surface area contributed by atoms with Gasteiger partial charge in [0, 0.05) is 0 Å². The number of H-pyrrole nitrogens is 1. The highest BCUT2D eigenvalue weighted by molar-refractivity contribution is 5.60. The predicted octanol–water partition coefficient (Wildman–Crippen LogP) is -0.301. The topological polar surface area (TPSA) is 116 Å². The zero-order chi connectivity index (χ0) is 13.3. The maximum absolute atomic E-state index is 11.7. The van der Waals surface area contributed by atoms with Crippen molar-refractivity contribution >= 4 is 11.5 Å². The van der Waals surface area contributed by atoms with E-state index >= 15 is 0 Å². The van der Waals surface area contributed by atoms with Gasteiger partial charge in [0.05, 0.1) is 12.8 Å². The Morgan fingerprint density at radius 3 is 2.33 bits per heavy atom. The standard InChI is InChI=1S/C11H12N4O3/c1-18-7-4-2-6(3-5-7)15-9(13)8(12)10(16)14-11(15)17/h2-5H,12-13H2,1H3,(H,14,16,17). The van der Waals surface area contributed by atoms with E-state index in [1.807, 2.05) is 0 Å². The van der Waals surface area contributed by atoms with Gasteiger partial charge in [0.1, 0.15) is 17.3 Å². The van der Waals surface area contributed by atoms with Crippen LogP contribution in [0.4, 0.5) is 11.5 Å². The molecule has 7 nitrogen and oxygen atoms in total. The van der Waals surface area contributed by atoms with Crippen molar-refractivity contribution in [3.8, 4) is 11.4 Å². The van der Waals surface area contributed by atoms with E-state index < -0.39 is 11.2 Å². The molecule has 0 radical (unpaired) electrons. The number of nitrogen functional groups attached to an aromatic ring is 2. The Hall–Kier alpha value is -2.70. The minimum atomic E-state index is -0.692. The van der Waals surface area contributed by atoms with Crippen molar-refractivity contribution in [3.05, 3.63) is 45.1 Å². The van der Waals surface area contributed by atoms with Crippen LogP contribution in [0.3, 0.4) is 0 Å². The molecule has 1 aromatic carbocycles. The SMILES string of the molecule is COc1ccc(-n2c(N)c(N)c(=O)[nH]c2=O)cc1. The van der Waals surface area contributed by atoms with Crippen molar-refractivity contribution in [2.45, 2.75) is 0 Å². The molecular formula is C11H12N4O3. The van der Waals surface area contributed by atoms with Crippen LogP contribution in [-0.4, -0.2) is 16.7 Å². The molecule has 0 aliphatic heterocycles. The molecule has 0 spiro atoms. The number of nitrogens with zero attached hydrogens (tertiary/aromatic N) is 1. The average Bonchev–Trinajstić information content (AvgIpc) is 2.37. The summed E-state index contributed by atoms with van der Waals surface area (Å²) in [6.45, 7) is 0. The summed E-state index contributed by atoms with van der Waals surface area (Å²) in [5.41, 5.74) is 10.1. The fourth-order valence-corrected chi connectivity index (χ4v) is 1.55. The lowest BCUT2D eigenvalue weighted by Gasteiger charge is -2.10. The lowest BCUT2D eigenvalue weighted by Crippen LogP contribution is -2.32. The van der Waals surface area contributed by atoms with Crippen LogP contribution in [0, 0.1) is 0 Å². The second-order valence-corrected chi connectivity index (χ2v) is 3.59. The summed E-state index contributed by atoms with van der Waals surface area (Å²) in [5.74, 6) is 0.552. The first-order valence-corrected chi connectivity index (χ1v) is 5.09. The number of ether oxygens (including phenoxy) is 1. The average molecular weight is 248 g/mol. The minimum absolute atomic E-state index is 0.0890.